The molecule has 0 aliphatic carbocycles. The Morgan fingerprint density at radius 3 is 2.29 bits per heavy atom. The van der Waals surface area contributed by atoms with E-state index in [9.17, 15) is 23.3 Å². The molecule has 128 valence electrons. The zero-order chi connectivity index (χ0) is 18.1. The van der Waals surface area contributed by atoms with Crippen molar-refractivity contribution < 1.29 is 27.7 Å². The van der Waals surface area contributed by atoms with Gasteiger partial charge in [0.2, 0.25) is 15.8 Å². The molecule has 1 aromatic carbocycles. The molecule has 1 heterocycles. The summed E-state index contributed by atoms with van der Waals surface area (Å²) in [5.41, 5.74) is -0.221. The number of non-ortho nitro benzene ring substituents is 1. The number of carbonyl (C=O) groups is 1. The van der Waals surface area contributed by atoms with Crippen LogP contribution in [0, 0.1) is 10.1 Å². The number of nitro benzene ring substituents is 1. The molecule has 1 aromatic heterocycles. The number of carboxylic acids is 1. The second-order valence-electron chi connectivity index (χ2n) is 4.96. The van der Waals surface area contributed by atoms with Crippen LogP contribution in [0.2, 0.25) is 0 Å². The van der Waals surface area contributed by atoms with Crippen LogP contribution in [0.25, 0.3) is 0 Å². The molecule has 2 aromatic rings. The number of hydrogen-bond acceptors (Lipinski definition) is 6. The Bertz CT molecular complexity index is 871. The van der Waals surface area contributed by atoms with Crippen molar-refractivity contribution in [1.82, 2.24) is 4.31 Å². The Hall–Kier alpha value is -2.72. The van der Waals surface area contributed by atoms with Gasteiger partial charge in [-0.25, -0.2) is 13.2 Å². The van der Waals surface area contributed by atoms with Crippen LogP contribution in [0.15, 0.2) is 45.7 Å². The standard InChI is InChI=1S/C14H14N2O7S/c1-9(12-7-8-13(23-12)14(17)18)15(2)24(21,22)11-5-3-10(4-6-11)16(19)20/h3-9H,1-2H3,(H,17,18)/t9-/m1/s1. The van der Waals surface area contributed by atoms with Gasteiger partial charge in [0.05, 0.1) is 15.9 Å². The van der Waals surface area contributed by atoms with Crippen LogP contribution in [-0.2, 0) is 10.0 Å². The Kier molecular flexibility index (Phi) is 4.71. The van der Waals surface area contributed by atoms with E-state index in [2.05, 4.69) is 0 Å². The summed E-state index contributed by atoms with van der Waals surface area (Å²) in [5, 5.41) is 19.5. The van der Waals surface area contributed by atoms with E-state index in [1.165, 1.54) is 26.1 Å². The Labute approximate surface area is 137 Å². The maximum absolute atomic E-state index is 12.6. The molecule has 0 fully saturated rings. The van der Waals surface area contributed by atoms with Crippen molar-refractivity contribution in [1.29, 1.82) is 0 Å². The topological polar surface area (TPSA) is 131 Å². The van der Waals surface area contributed by atoms with Crippen LogP contribution in [-0.4, -0.2) is 35.8 Å². The molecule has 0 spiro atoms. The van der Waals surface area contributed by atoms with Crippen LogP contribution < -0.4 is 0 Å². The summed E-state index contributed by atoms with van der Waals surface area (Å²) in [6.07, 6.45) is 0. The van der Waals surface area contributed by atoms with Crippen LogP contribution in [0.5, 0.6) is 0 Å². The number of nitro groups is 1. The van der Waals surface area contributed by atoms with Crippen LogP contribution in [0.3, 0.4) is 0 Å². The maximum atomic E-state index is 12.6. The Morgan fingerprint density at radius 1 is 1.25 bits per heavy atom. The number of nitrogens with zero attached hydrogens (tertiary/aromatic N) is 2. The zero-order valence-corrected chi connectivity index (χ0v) is 13.6. The smallest absolute Gasteiger partial charge is 0.371 e. The molecule has 0 aliphatic rings. The fraction of sp³-hybridized carbons (Fsp3) is 0.214. The lowest BCUT2D eigenvalue weighted by atomic mass is 10.2. The number of carboxylic acid groups (broad SMARTS) is 1. The molecule has 24 heavy (non-hydrogen) atoms. The average Bonchev–Trinajstić information content (AvgIpc) is 3.03. The molecule has 0 aliphatic heterocycles. The van der Waals surface area contributed by atoms with Crippen molar-refractivity contribution in [2.45, 2.75) is 17.9 Å². The van der Waals surface area contributed by atoms with Gasteiger partial charge < -0.3 is 9.52 Å². The largest absolute Gasteiger partial charge is 0.475 e. The lowest BCUT2D eigenvalue weighted by Crippen LogP contribution is -2.29. The monoisotopic (exact) mass is 354 g/mol. The van der Waals surface area contributed by atoms with E-state index in [1.54, 1.807) is 0 Å². The lowest BCUT2D eigenvalue weighted by molar-refractivity contribution is -0.384. The summed E-state index contributed by atoms with van der Waals surface area (Å²) in [7, 11) is -2.63. The quantitative estimate of drug-likeness (QED) is 0.621. The first-order chi connectivity index (χ1) is 11.1. The summed E-state index contributed by atoms with van der Waals surface area (Å²) in [6.45, 7) is 1.54. The average molecular weight is 354 g/mol. The first kappa shape index (κ1) is 17.6. The molecule has 1 atom stereocenters. The molecule has 2 rings (SSSR count). The second-order valence-corrected chi connectivity index (χ2v) is 6.95. The SMILES string of the molecule is C[C@H](c1ccc(C(=O)O)o1)N(C)S(=O)(=O)c1ccc([N+](=O)[O-])cc1. The molecular formula is C14H14N2O7S. The van der Waals surface area contributed by atoms with Gasteiger partial charge in [-0.3, -0.25) is 10.1 Å². The molecule has 0 bridgehead atoms. The van der Waals surface area contributed by atoms with E-state index in [1.807, 2.05) is 0 Å². The van der Waals surface area contributed by atoms with Gasteiger partial charge in [0.25, 0.3) is 5.69 Å². The zero-order valence-electron chi connectivity index (χ0n) is 12.7. The van der Waals surface area contributed by atoms with Crippen molar-refractivity contribution in [2.75, 3.05) is 7.05 Å². The third kappa shape index (κ3) is 3.29. The third-order valence-corrected chi connectivity index (χ3v) is 5.46. The fourth-order valence-electron chi connectivity index (χ4n) is 1.99. The van der Waals surface area contributed by atoms with Gasteiger partial charge in [-0.1, -0.05) is 0 Å². The molecule has 1 N–H and O–H groups in total. The Morgan fingerprint density at radius 2 is 1.83 bits per heavy atom. The number of aromatic carboxylic acids is 1. The molecule has 9 nitrogen and oxygen atoms in total. The molecule has 0 saturated heterocycles. The van der Waals surface area contributed by atoms with Gasteiger partial charge >= 0.3 is 5.97 Å². The van der Waals surface area contributed by atoms with E-state index in [0.717, 1.165) is 28.6 Å². The van der Waals surface area contributed by atoms with Crippen LogP contribution in [0.4, 0.5) is 5.69 Å². The number of sulfonamides is 1. The summed E-state index contributed by atoms with van der Waals surface area (Å²) in [5.74, 6) is -1.38. The van der Waals surface area contributed by atoms with Crippen molar-refractivity contribution in [3.8, 4) is 0 Å². The molecule has 0 saturated carbocycles. The van der Waals surface area contributed by atoms with Crippen molar-refractivity contribution >= 4 is 21.7 Å². The minimum atomic E-state index is -3.94. The van der Waals surface area contributed by atoms with Gasteiger partial charge in [0, 0.05) is 19.2 Å². The van der Waals surface area contributed by atoms with Gasteiger partial charge in [0.1, 0.15) is 5.76 Å². The number of furan rings is 1. The van der Waals surface area contributed by atoms with Gasteiger partial charge in [-0.2, -0.15) is 4.31 Å². The molecule has 10 heteroatoms. The first-order valence-corrected chi connectivity index (χ1v) is 8.14. The number of rotatable bonds is 6. The van der Waals surface area contributed by atoms with E-state index in [4.69, 9.17) is 9.52 Å². The molecular weight excluding hydrogens is 340 g/mol. The van der Waals surface area contributed by atoms with Crippen molar-refractivity contribution in [2.24, 2.45) is 0 Å². The van der Waals surface area contributed by atoms with E-state index >= 15 is 0 Å². The summed E-state index contributed by atoms with van der Waals surface area (Å²) in [4.78, 5) is 20.7. The maximum Gasteiger partial charge on any atom is 0.371 e. The van der Waals surface area contributed by atoms with E-state index in [0.29, 0.717) is 0 Å². The predicted molar refractivity (Wildman–Crippen MR) is 82.1 cm³/mol. The lowest BCUT2D eigenvalue weighted by Gasteiger charge is -2.22. The van der Waals surface area contributed by atoms with Crippen LogP contribution >= 0.6 is 0 Å². The number of hydrogen-bond donors (Lipinski definition) is 1. The Balaban J connectivity index is 2.29. The van der Waals surface area contributed by atoms with Gasteiger partial charge in [-0.15, -0.1) is 0 Å². The highest BCUT2D eigenvalue weighted by atomic mass is 32.2. The number of benzene rings is 1. The molecule has 0 unspecified atom stereocenters. The molecule has 0 radical (unpaired) electrons. The normalized spacial score (nSPS) is 13.0. The predicted octanol–water partition coefficient (Wildman–Crippen LogP) is 2.27. The first-order valence-electron chi connectivity index (χ1n) is 6.70. The molecule has 0 amide bonds. The highest BCUT2D eigenvalue weighted by Gasteiger charge is 2.29. The highest BCUT2D eigenvalue weighted by molar-refractivity contribution is 7.89. The fourth-order valence-corrected chi connectivity index (χ4v) is 3.32. The van der Waals surface area contributed by atoms with Crippen LogP contribution in [0.1, 0.15) is 29.3 Å². The van der Waals surface area contributed by atoms with Crippen molar-refractivity contribution in [3.05, 3.63) is 58.0 Å². The van der Waals surface area contributed by atoms with Gasteiger partial charge in [0.15, 0.2) is 0 Å². The van der Waals surface area contributed by atoms with E-state index < -0.39 is 27.0 Å². The summed E-state index contributed by atoms with van der Waals surface area (Å²) in [6, 6.07) is 6.33. The highest BCUT2D eigenvalue weighted by Crippen LogP contribution is 2.27. The third-order valence-electron chi connectivity index (χ3n) is 3.52. The van der Waals surface area contributed by atoms with Crippen molar-refractivity contribution in [3.63, 3.8) is 0 Å². The van der Waals surface area contributed by atoms with Gasteiger partial charge in [-0.05, 0) is 31.2 Å². The minimum Gasteiger partial charge on any atom is -0.475 e. The summed E-state index contributed by atoms with van der Waals surface area (Å²) >= 11 is 0. The summed E-state index contributed by atoms with van der Waals surface area (Å²) < 4.78 is 31.2. The second kappa shape index (κ2) is 6.42. The van der Waals surface area contributed by atoms with E-state index in [-0.39, 0.29) is 22.1 Å². The minimum absolute atomic E-state index is 0.118.